The fourth-order valence-electron chi connectivity index (χ4n) is 1.61. The van der Waals surface area contributed by atoms with Crippen LogP contribution in [-0.4, -0.2) is 41.9 Å². The van der Waals surface area contributed by atoms with E-state index in [0.717, 1.165) is 19.3 Å². The van der Waals surface area contributed by atoms with Crippen molar-refractivity contribution in [3.05, 3.63) is 0 Å². The molecular formula is C10H19NO3. The summed E-state index contributed by atoms with van der Waals surface area (Å²) in [6.45, 7) is 3.07. The summed E-state index contributed by atoms with van der Waals surface area (Å²) in [5.74, 6) is -1.86. The van der Waals surface area contributed by atoms with E-state index in [9.17, 15) is 9.90 Å². The fraction of sp³-hybridized carbons (Fsp3) is 0.900. The Morgan fingerprint density at radius 1 is 1.57 bits per heavy atom. The molecule has 1 aliphatic rings. The highest BCUT2D eigenvalue weighted by atomic mass is 16.6. The molecule has 1 heterocycles. The van der Waals surface area contributed by atoms with Gasteiger partial charge in [-0.2, -0.15) is 0 Å². The van der Waals surface area contributed by atoms with E-state index < -0.39 is 5.79 Å². The molecule has 1 saturated heterocycles. The van der Waals surface area contributed by atoms with Crippen molar-refractivity contribution in [2.45, 2.75) is 38.4 Å². The van der Waals surface area contributed by atoms with E-state index in [2.05, 4.69) is 6.92 Å². The predicted octanol–water partition coefficient (Wildman–Crippen LogP) is 0.744. The molecule has 0 bridgehead atoms. The maximum absolute atomic E-state index is 11.6. The highest BCUT2D eigenvalue weighted by Crippen LogP contribution is 2.22. The molecule has 1 fully saturated rings. The van der Waals surface area contributed by atoms with E-state index in [1.807, 2.05) is 0 Å². The third-order valence-corrected chi connectivity index (χ3v) is 2.57. The van der Waals surface area contributed by atoms with Crippen molar-refractivity contribution in [3.8, 4) is 0 Å². The van der Waals surface area contributed by atoms with Crippen LogP contribution in [-0.2, 0) is 9.53 Å². The molecule has 4 nitrogen and oxygen atoms in total. The number of morpholine rings is 1. The van der Waals surface area contributed by atoms with Crippen LogP contribution in [0.15, 0.2) is 0 Å². The second kappa shape index (κ2) is 4.75. The number of amides is 1. The molecule has 14 heavy (non-hydrogen) atoms. The Morgan fingerprint density at radius 3 is 2.93 bits per heavy atom. The van der Waals surface area contributed by atoms with Crippen molar-refractivity contribution >= 4 is 5.91 Å². The Kier molecular flexibility index (Phi) is 3.89. The van der Waals surface area contributed by atoms with Crippen LogP contribution in [0, 0.1) is 0 Å². The molecule has 1 aliphatic heterocycles. The van der Waals surface area contributed by atoms with E-state index in [1.165, 1.54) is 4.90 Å². The number of aliphatic hydroxyl groups is 1. The molecule has 1 N–H and O–H groups in total. The maximum atomic E-state index is 11.6. The lowest BCUT2D eigenvalue weighted by Gasteiger charge is -2.36. The number of hydrogen-bond donors (Lipinski definition) is 1. The van der Waals surface area contributed by atoms with Crippen LogP contribution in [0.3, 0.4) is 0 Å². The van der Waals surface area contributed by atoms with Gasteiger partial charge in [0.15, 0.2) is 0 Å². The van der Waals surface area contributed by atoms with Crippen LogP contribution >= 0.6 is 0 Å². The molecule has 0 spiro atoms. The highest BCUT2D eigenvalue weighted by molar-refractivity contribution is 5.83. The summed E-state index contributed by atoms with van der Waals surface area (Å²) in [7, 11) is 1.69. The third-order valence-electron chi connectivity index (χ3n) is 2.57. The Labute approximate surface area is 84.8 Å². The number of nitrogens with zero attached hydrogens (tertiary/aromatic N) is 1. The molecule has 0 aromatic rings. The summed E-state index contributed by atoms with van der Waals surface area (Å²) < 4.78 is 5.16. The van der Waals surface area contributed by atoms with E-state index >= 15 is 0 Å². The second-order valence-electron chi connectivity index (χ2n) is 3.82. The van der Waals surface area contributed by atoms with Gasteiger partial charge in [-0.15, -0.1) is 0 Å². The van der Waals surface area contributed by atoms with Gasteiger partial charge in [0.2, 0.25) is 5.79 Å². The van der Waals surface area contributed by atoms with Crippen molar-refractivity contribution in [2.24, 2.45) is 0 Å². The van der Waals surface area contributed by atoms with Crippen molar-refractivity contribution < 1.29 is 14.6 Å². The number of ether oxygens (including phenoxy) is 1. The van der Waals surface area contributed by atoms with Gasteiger partial charge >= 0.3 is 0 Å². The SMILES string of the molecule is CCCCCC1(O)OCCN(C)C1=O. The Hall–Kier alpha value is -0.610. The zero-order chi connectivity index (χ0) is 10.6. The fourth-order valence-corrected chi connectivity index (χ4v) is 1.61. The molecule has 1 rings (SSSR count). The van der Waals surface area contributed by atoms with Crippen molar-refractivity contribution in [1.29, 1.82) is 0 Å². The minimum absolute atomic E-state index is 0.306. The van der Waals surface area contributed by atoms with Gasteiger partial charge in [0.05, 0.1) is 6.61 Å². The number of unbranched alkanes of at least 4 members (excludes halogenated alkanes) is 2. The molecule has 1 atom stereocenters. The first kappa shape index (κ1) is 11.5. The minimum atomic E-state index is -1.55. The van der Waals surface area contributed by atoms with E-state index in [4.69, 9.17) is 4.74 Å². The molecule has 0 aromatic carbocycles. The summed E-state index contributed by atoms with van der Waals surface area (Å²) in [5.41, 5.74) is 0. The van der Waals surface area contributed by atoms with Gasteiger partial charge in [0.25, 0.3) is 5.91 Å². The van der Waals surface area contributed by atoms with E-state index in [1.54, 1.807) is 7.05 Å². The summed E-state index contributed by atoms with van der Waals surface area (Å²) >= 11 is 0. The molecule has 0 aliphatic carbocycles. The molecule has 0 saturated carbocycles. The predicted molar refractivity (Wildman–Crippen MR) is 52.7 cm³/mol. The Balaban J connectivity index is 2.48. The summed E-state index contributed by atoms with van der Waals surface area (Å²) in [4.78, 5) is 13.1. The van der Waals surface area contributed by atoms with Crippen LogP contribution in [0.4, 0.5) is 0 Å². The standard InChI is InChI=1S/C10H19NO3/c1-3-4-5-6-10(13)9(12)11(2)7-8-14-10/h13H,3-8H2,1-2H3. The first-order valence-corrected chi connectivity index (χ1v) is 5.22. The van der Waals surface area contributed by atoms with Gasteiger partial charge in [-0.05, 0) is 6.42 Å². The van der Waals surface area contributed by atoms with Crippen molar-refractivity contribution in [3.63, 3.8) is 0 Å². The maximum Gasteiger partial charge on any atom is 0.282 e. The molecule has 82 valence electrons. The Morgan fingerprint density at radius 2 is 2.29 bits per heavy atom. The van der Waals surface area contributed by atoms with Crippen LogP contribution in [0.5, 0.6) is 0 Å². The zero-order valence-electron chi connectivity index (χ0n) is 8.95. The van der Waals surface area contributed by atoms with Crippen LogP contribution < -0.4 is 0 Å². The van der Waals surface area contributed by atoms with E-state index in [-0.39, 0.29) is 5.91 Å². The number of hydrogen-bond acceptors (Lipinski definition) is 3. The highest BCUT2D eigenvalue weighted by Gasteiger charge is 2.41. The smallest absolute Gasteiger partial charge is 0.282 e. The normalized spacial score (nSPS) is 28.2. The average Bonchev–Trinajstić information content (AvgIpc) is 2.15. The molecular weight excluding hydrogens is 182 g/mol. The average molecular weight is 201 g/mol. The van der Waals surface area contributed by atoms with Crippen LogP contribution in [0.25, 0.3) is 0 Å². The van der Waals surface area contributed by atoms with Gasteiger partial charge in [-0.25, -0.2) is 0 Å². The Bertz CT molecular complexity index is 208. The molecule has 0 radical (unpaired) electrons. The van der Waals surface area contributed by atoms with Gasteiger partial charge in [-0.1, -0.05) is 19.8 Å². The van der Waals surface area contributed by atoms with Crippen molar-refractivity contribution in [1.82, 2.24) is 4.90 Å². The van der Waals surface area contributed by atoms with Crippen LogP contribution in [0.2, 0.25) is 0 Å². The van der Waals surface area contributed by atoms with Gasteiger partial charge in [0.1, 0.15) is 0 Å². The number of likely N-dealkylation sites (N-methyl/N-ethyl adjacent to an activating group) is 1. The molecule has 1 amide bonds. The minimum Gasteiger partial charge on any atom is -0.358 e. The number of rotatable bonds is 4. The summed E-state index contributed by atoms with van der Waals surface area (Å²) in [5, 5.41) is 9.92. The van der Waals surface area contributed by atoms with Gasteiger partial charge in [-0.3, -0.25) is 4.79 Å². The lowest BCUT2D eigenvalue weighted by atomic mass is 10.1. The largest absolute Gasteiger partial charge is 0.358 e. The van der Waals surface area contributed by atoms with Gasteiger partial charge in [0, 0.05) is 20.0 Å². The van der Waals surface area contributed by atoms with E-state index in [0.29, 0.717) is 19.6 Å². The van der Waals surface area contributed by atoms with Crippen molar-refractivity contribution in [2.75, 3.05) is 20.2 Å². The molecule has 1 unspecified atom stereocenters. The third kappa shape index (κ3) is 2.45. The lowest BCUT2D eigenvalue weighted by molar-refractivity contribution is -0.234. The number of carbonyl (C=O) groups is 1. The topological polar surface area (TPSA) is 49.8 Å². The first-order chi connectivity index (χ1) is 6.60. The quantitative estimate of drug-likeness (QED) is 0.683. The zero-order valence-corrected chi connectivity index (χ0v) is 8.95. The lowest BCUT2D eigenvalue weighted by Crippen LogP contribution is -2.55. The summed E-state index contributed by atoms with van der Waals surface area (Å²) in [6.07, 6.45) is 3.32. The molecule has 4 heteroatoms. The van der Waals surface area contributed by atoms with Crippen LogP contribution in [0.1, 0.15) is 32.6 Å². The summed E-state index contributed by atoms with van der Waals surface area (Å²) in [6, 6.07) is 0. The monoisotopic (exact) mass is 201 g/mol. The number of carbonyl (C=O) groups excluding carboxylic acids is 1. The molecule has 0 aromatic heterocycles. The van der Waals surface area contributed by atoms with Gasteiger partial charge < -0.3 is 14.7 Å². The first-order valence-electron chi connectivity index (χ1n) is 5.22. The second-order valence-corrected chi connectivity index (χ2v) is 3.82.